The molecule has 3 aromatic heterocycles. The number of benzene rings is 1. The lowest BCUT2D eigenvalue weighted by molar-refractivity contribution is 0.176. The van der Waals surface area contributed by atoms with Crippen molar-refractivity contribution >= 4 is 10.9 Å². The van der Waals surface area contributed by atoms with E-state index in [1.807, 2.05) is 25.1 Å². The van der Waals surface area contributed by atoms with Gasteiger partial charge >= 0.3 is 0 Å². The Morgan fingerprint density at radius 1 is 1.18 bits per heavy atom. The van der Waals surface area contributed by atoms with Crippen molar-refractivity contribution in [3.05, 3.63) is 64.7 Å². The molecule has 1 aromatic carbocycles. The molecule has 0 radical (unpaired) electrons. The van der Waals surface area contributed by atoms with Gasteiger partial charge in [-0.3, -0.25) is 9.69 Å². The van der Waals surface area contributed by atoms with Crippen molar-refractivity contribution < 1.29 is 8.83 Å². The lowest BCUT2D eigenvalue weighted by atomic mass is 10.2. The average molecular weight is 379 g/mol. The maximum atomic E-state index is 12.4. The van der Waals surface area contributed by atoms with Gasteiger partial charge in [0.25, 0.3) is 11.4 Å². The van der Waals surface area contributed by atoms with Crippen molar-refractivity contribution in [3.8, 4) is 11.7 Å². The van der Waals surface area contributed by atoms with E-state index < -0.39 is 0 Å². The van der Waals surface area contributed by atoms with Crippen LogP contribution in [-0.4, -0.2) is 31.6 Å². The average Bonchev–Trinajstić information content (AvgIpc) is 3.39. The number of fused-ring (bicyclic) bond motifs is 1. The summed E-state index contributed by atoms with van der Waals surface area (Å²) in [5.74, 6) is 1.98. The first-order valence-corrected chi connectivity index (χ1v) is 9.25. The fraction of sp³-hybridized carbons (Fsp3) is 0.300. The van der Waals surface area contributed by atoms with E-state index >= 15 is 0 Å². The molecule has 3 heterocycles. The van der Waals surface area contributed by atoms with Crippen LogP contribution < -0.4 is 5.56 Å². The number of hydrogen-bond donors (Lipinski definition) is 1. The zero-order valence-electron chi connectivity index (χ0n) is 15.8. The largest absolute Gasteiger partial charge is 0.459 e. The summed E-state index contributed by atoms with van der Waals surface area (Å²) in [6.07, 6.45) is 2.49. The topological polar surface area (TPSA) is 101 Å². The molecule has 8 heteroatoms. The molecule has 4 rings (SSSR count). The van der Waals surface area contributed by atoms with Gasteiger partial charge in [0.05, 0.1) is 29.8 Å². The number of nitrogens with one attached hydrogen (secondary N) is 1. The minimum Gasteiger partial charge on any atom is -0.459 e. The molecule has 0 saturated carbocycles. The maximum Gasteiger partial charge on any atom is 0.283 e. The maximum absolute atomic E-state index is 12.4. The number of aromatic amines is 1. The van der Waals surface area contributed by atoms with Gasteiger partial charge in [0.15, 0.2) is 5.76 Å². The zero-order valence-corrected chi connectivity index (χ0v) is 15.8. The van der Waals surface area contributed by atoms with E-state index in [4.69, 9.17) is 8.83 Å². The van der Waals surface area contributed by atoms with E-state index in [2.05, 4.69) is 32.0 Å². The van der Waals surface area contributed by atoms with E-state index in [0.29, 0.717) is 40.8 Å². The zero-order chi connectivity index (χ0) is 19.5. The minimum absolute atomic E-state index is 0.129. The summed E-state index contributed by atoms with van der Waals surface area (Å²) >= 11 is 0. The second-order valence-electron chi connectivity index (χ2n) is 6.59. The molecular formula is C20H21N5O3. The Bertz CT molecular complexity index is 1120. The molecule has 144 valence electrons. The van der Waals surface area contributed by atoms with Crippen LogP contribution in [0.4, 0.5) is 0 Å². The SMILES string of the molecule is CCCN(Cc1nnc(-c2ccco2)o1)[C@@H](C)c1nc2ccccc2c(=O)[nH]1. The summed E-state index contributed by atoms with van der Waals surface area (Å²) < 4.78 is 11.0. The van der Waals surface area contributed by atoms with Gasteiger partial charge in [-0.05, 0) is 44.2 Å². The second-order valence-corrected chi connectivity index (χ2v) is 6.59. The Morgan fingerprint density at radius 2 is 2.04 bits per heavy atom. The highest BCUT2D eigenvalue weighted by atomic mass is 16.4. The Morgan fingerprint density at radius 3 is 2.82 bits per heavy atom. The van der Waals surface area contributed by atoms with Gasteiger partial charge in [0.1, 0.15) is 5.82 Å². The monoisotopic (exact) mass is 379 g/mol. The third-order valence-corrected chi connectivity index (χ3v) is 4.62. The smallest absolute Gasteiger partial charge is 0.283 e. The Labute approximate surface area is 161 Å². The number of furan rings is 1. The Balaban J connectivity index is 1.60. The van der Waals surface area contributed by atoms with Gasteiger partial charge in [-0.15, -0.1) is 10.2 Å². The third-order valence-electron chi connectivity index (χ3n) is 4.62. The molecule has 0 amide bonds. The molecule has 0 saturated heterocycles. The molecule has 1 atom stereocenters. The number of para-hydroxylation sites is 1. The first-order valence-electron chi connectivity index (χ1n) is 9.25. The van der Waals surface area contributed by atoms with Crippen molar-refractivity contribution in [3.63, 3.8) is 0 Å². The summed E-state index contributed by atoms with van der Waals surface area (Å²) in [6.45, 7) is 5.33. The van der Waals surface area contributed by atoms with Gasteiger partial charge in [-0.1, -0.05) is 19.1 Å². The van der Waals surface area contributed by atoms with Crippen molar-refractivity contribution in [1.82, 2.24) is 25.1 Å². The summed E-state index contributed by atoms with van der Waals surface area (Å²) in [4.78, 5) is 22.1. The van der Waals surface area contributed by atoms with Crippen molar-refractivity contribution in [2.45, 2.75) is 32.9 Å². The molecule has 0 spiro atoms. The Hall–Kier alpha value is -3.26. The minimum atomic E-state index is -0.137. The van der Waals surface area contributed by atoms with Crippen LogP contribution in [0.1, 0.15) is 38.0 Å². The highest BCUT2D eigenvalue weighted by Gasteiger charge is 2.21. The van der Waals surface area contributed by atoms with E-state index in [1.165, 1.54) is 0 Å². The van der Waals surface area contributed by atoms with Crippen molar-refractivity contribution in [1.29, 1.82) is 0 Å². The Kier molecular flexibility index (Phi) is 5.03. The molecule has 0 fully saturated rings. The quantitative estimate of drug-likeness (QED) is 0.524. The van der Waals surface area contributed by atoms with Crippen LogP contribution in [0, 0.1) is 0 Å². The number of aromatic nitrogens is 4. The second kappa shape index (κ2) is 7.77. The van der Waals surface area contributed by atoms with Crippen LogP contribution >= 0.6 is 0 Å². The van der Waals surface area contributed by atoms with E-state index in [0.717, 1.165) is 13.0 Å². The predicted molar refractivity (Wildman–Crippen MR) is 103 cm³/mol. The summed E-state index contributed by atoms with van der Waals surface area (Å²) in [7, 11) is 0. The van der Waals surface area contributed by atoms with E-state index in [-0.39, 0.29) is 11.6 Å². The standard InChI is InChI=1S/C20H21N5O3/c1-3-10-25(12-17-23-24-20(28-17)16-9-6-11-27-16)13(2)18-21-15-8-5-4-7-14(15)19(26)22-18/h4-9,11,13H,3,10,12H2,1-2H3,(H,21,22,26)/t13-/m0/s1. The van der Waals surface area contributed by atoms with Gasteiger partial charge in [-0.25, -0.2) is 4.98 Å². The lowest BCUT2D eigenvalue weighted by Gasteiger charge is -2.26. The highest BCUT2D eigenvalue weighted by molar-refractivity contribution is 5.77. The molecule has 4 aromatic rings. The van der Waals surface area contributed by atoms with Gasteiger partial charge < -0.3 is 13.8 Å². The van der Waals surface area contributed by atoms with Gasteiger partial charge in [-0.2, -0.15) is 0 Å². The van der Waals surface area contributed by atoms with Gasteiger partial charge in [0, 0.05) is 0 Å². The summed E-state index contributed by atoms with van der Waals surface area (Å²) in [6, 6.07) is 10.7. The number of H-pyrrole nitrogens is 1. The molecule has 0 aliphatic heterocycles. The molecule has 0 aliphatic rings. The first-order chi connectivity index (χ1) is 13.7. The molecule has 0 bridgehead atoms. The fourth-order valence-electron chi connectivity index (χ4n) is 3.16. The van der Waals surface area contributed by atoms with Crippen LogP contribution in [0.2, 0.25) is 0 Å². The molecular weight excluding hydrogens is 358 g/mol. The lowest BCUT2D eigenvalue weighted by Crippen LogP contribution is -2.30. The van der Waals surface area contributed by atoms with Crippen molar-refractivity contribution in [2.24, 2.45) is 0 Å². The number of hydrogen-bond acceptors (Lipinski definition) is 7. The molecule has 0 aliphatic carbocycles. The fourth-order valence-corrected chi connectivity index (χ4v) is 3.16. The third kappa shape index (κ3) is 3.59. The first kappa shape index (κ1) is 18.1. The van der Waals surface area contributed by atoms with Crippen LogP contribution in [0.15, 0.2) is 56.3 Å². The highest BCUT2D eigenvalue weighted by Crippen LogP contribution is 2.23. The van der Waals surface area contributed by atoms with E-state index in [9.17, 15) is 4.79 Å². The van der Waals surface area contributed by atoms with Crippen LogP contribution in [0.5, 0.6) is 0 Å². The molecule has 28 heavy (non-hydrogen) atoms. The predicted octanol–water partition coefficient (Wildman–Crippen LogP) is 3.54. The molecule has 0 unspecified atom stereocenters. The molecule has 1 N–H and O–H groups in total. The number of rotatable bonds is 7. The van der Waals surface area contributed by atoms with Crippen molar-refractivity contribution in [2.75, 3.05) is 6.54 Å². The normalized spacial score (nSPS) is 12.7. The summed E-state index contributed by atoms with van der Waals surface area (Å²) in [5, 5.41) is 8.76. The van der Waals surface area contributed by atoms with E-state index in [1.54, 1.807) is 24.5 Å². The van der Waals surface area contributed by atoms with Crippen LogP contribution in [0.3, 0.4) is 0 Å². The molecule has 8 nitrogen and oxygen atoms in total. The van der Waals surface area contributed by atoms with Gasteiger partial charge in [0.2, 0.25) is 5.89 Å². The van der Waals surface area contributed by atoms with Crippen LogP contribution in [0.25, 0.3) is 22.6 Å². The van der Waals surface area contributed by atoms with Crippen LogP contribution in [-0.2, 0) is 6.54 Å². The summed E-state index contributed by atoms with van der Waals surface area (Å²) in [5.41, 5.74) is 0.546. The number of nitrogens with zero attached hydrogens (tertiary/aromatic N) is 4.